The number of Topliss-reactive ketones (excluding diaryl/α,β-unsaturated/α-hetero) is 1. The number of alkyl halides is 2. The molecule has 1 amide bonds. The highest BCUT2D eigenvalue weighted by atomic mass is 19.3. The molecule has 2 rings (SSSR count). The average molecular weight is 289 g/mol. The first-order chi connectivity index (χ1) is 9.33. The molecule has 1 N–H and O–H groups in total. The van der Waals surface area contributed by atoms with Crippen molar-refractivity contribution in [2.45, 2.75) is 64.3 Å². The van der Waals surface area contributed by atoms with E-state index >= 15 is 0 Å². The number of amides is 1. The van der Waals surface area contributed by atoms with Crippen molar-refractivity contribution in [2.75, 3.05) is 0 Å². The highest BCUT2D eigenvalue weighted by molar-refractivity contribution is 5.92. The maximum atomic E-state index is 13.0. The van der Waals surface area contributed by atoms with E-state index < -0.39 is 23.8 Å². The molecule has 2 fully saturated rings. The van der Waals surface area contributed by atoms with Gasteiger partial charge in [-0.25, -0.2) is 8.78 Å². The van der Waals surface area contributed by atoms with Gasteiger partial charge in [0, 0.05) is 13.8 Å². The van der Waals surface area contributed by atoms with E-state index in [1.54, 1.807) is 13.8 Å². The molecular weight excluding hydrogens is 264 g/mol. The summed E-state index contributed by atoms with van der Waals surface area (Å²) in [5.74, 6) is -4.87. The molecule has 2 saturated carbocycles. The third kappa shape index (κ3) is 3.36. The molecule has 0 aliphatic heterocycles. The lowest BCUT2D eigenvalue weighted by Gasteiger charge is -2.31. The lowest BCUT2D eigenvalue weighted by atomic mass is 9.80. The fourth-order valence-corrected chi connectivity index (χ4v) is 3.00. The summed E-state index contributed by atoms with van der Waals surface area (Å²) in [5.41, 5.74) is 0. The van der Waals surface area contributed by atoms with E-state index in [1.807, 2.05) is 0 Å². The van der Waals surface area contributed by atoms with E-state index in [2.05, 4.69) is 5.32 Å². The zero-order valence-corrected chi connectivity index (χ0v) is 12.1. The Labute approximate surface area is 120 Å². The second-order valence-corrected chi connectivity index (χ2v) is 6.46. The lowest BCUT2D eigenvalue weighted by Crippen LogP contribution is -2.49. The SMILES string of the molecule is CC(C)C(=O)[C@H](NC(=O)[C@@H]1CC1(F)F)C1CCCCC1.[HH]. The highest BCUT2D eigenvalue weighted by Gasteiger charge is 2.61. The maximum Gasteiger partial charge on any atom is 0.260 e. The van der Waals surface area contributed by atoms with Crippen molar-refractivity contribution >= 4 is 11.7 Å². The van der Waals surface area contributed by atoms with Crippen LogP contribution in [0.5, 0.6) is 0 Å². The van der Waals surface area contributed by atoms with Crippen molar-refractivity contribution in [1.29, 1.82) is 0 Å². The molecule has 20 heavy (non-hydrogen) atoms. The predicted molar refractivity (Wildman–Crippen MR) is 73.5 cm³/mol. The number of nitrogens with one attached hydrogen (secondary N) is 1. The molecule has 5 heteroatoms. The number of hydrogen-bond acceptors (Lipinski definition) is 2. The Hall–Kier alpha value is -1.00. The number of halogens is 2. The third-order valence-electron chi connectivity index (χ3n) is 4.44. The van der Waals surface area contributed by atoms with Gasteiger partial charge >= 0.3 is 0 Å². The predicted octanol–water partition coefficient (Wildman–Crippen LogP) is 3.18. The van der Waals surface area contributed by atoms with Gasteiger partial charge in [-0.3, -0.25) is 9.59 Å². The van der Waals surface area contributed by atoms with Crippen molar-refractivity contribution in [1.82, 2.24) is 5.32 Å². The average Bonchev–Trinajstić information content (AvgIpc) is 3.05. The summed E-state index contributed by atoms with van der Waals surface area (Å²) in [6.07, 6.45) is 4.64. The molecule has 0 unspecified atom stereocenters. The maximum absolute atomic E-state index is 13.0. The summed E-state index contributed by atoms with van der Waals surface area (Å²) in [6.45, 7) is 3.58. The van der Waals surface area contributed by atoms with Gasteiger partial charge in [-0.05, 0) is 18.8 Å². The number of carbonyl (C=O) groups excluding carboxylic acids is 2. The molecule has 2 atom stereocenters. The second kappa shape index (κ2) is 5.78. The molecule has 0 saturated heterocycles. The largest absolute Gasteiger partial charge is 0.346 e. The van der Waals surface area contributed by atoms with E-state index in [0.717, 1.165) is 32.1 Å². The first-order valence-electron chi connectivity index (χ1n) is 7.55. The van der Waals surface area contributed by atoms with Crippen LogP contribution in [0.4, 0.5) is 8.78 Å². The molecule has 3 nitrogen and oxygen atoms in total. The Morgan fingerprint density at radius 1 is 1.20 bits per heavy atom. The van der Waals surface area contributed by atoms with Crippen LogP contribution in [-0.2, 0) is 9.59 Å². The minimum Gasteiger partial charge on any atom is -0.346 e. The minimum atomic E-state index is -2.87. The molecule has 0 radical (unpaired) electrons. The Morgan fingerprint density at radius 2 is 1.75 bits per heavy atom. The molecule has 0 bridgehead atoms. The minimum absolute atomic E-state index is 0. The van der Waals surface area contributed by atoms with Gasteiger partial charge in [0.1, 0.15) is 5.92 Å². The van der Waals surface area contributed by atoms with Crippen molar-refractivity contribution in [2.24, 2.45) is 17.8 Å². The van der Waals surface area contributed by atoms with E-state index in [4.69, 9.17) is 0 Å². The molecule has 0 spiro atoms. The van der Waals surface area contributed by atoms with Crippen molar-refractivity contribution in [3.63, 3.8) is 0 Å². The molecule has 0 aromatic heterocycles. The van der Waals surface area contributed by atoms with E-state index in [1.165, 1.54) is 0 Å². The summed E-state index contributed by atoms with van der Waals surface area (Å²) in [4.78, 5) is 24.1. The van der Waals surface area contributed by atoms with Crippen LogP contribution < -0.4 is 5.32 Å². The van der Waals surface area contributed by atoms with Gasteiger partial charge in [0.15, 0.2) is 5.78 Å². The summed E-state index contributed by atoms with van der Waals surface area (Å²) < 4.78 is 25.9. The topological polar surface area (TPSA) is 46.2 Å². The third-order valence-corrected chi connectivity index (χ3v) is 4.44. The molecule has 0 aromatic rings. The van der Waals surface area contributed by atoms with Gasteiger partial charge in [0.05, 0.1) is 6.04 Å². The Bertz CT molecular complexity index is 395. The number of rotatable bonds is 5. The van der Waals surface area contributed by atoms with Gasteiger partial charge < -0.3 is 5.32 Å². The number of hydrogen-bond donors (Lipinski definition) is 1. The quantitative estimate of drug-likeness (QED) is 0.845. The first-order valence-corrected chi connectivity index (χ1v) is 7.55. The van der Waals surface area contributed by atoms with Crippen LogP contribution in [0.15, 0.2) is 0 Å². The Balaban J connectivity index is 0.00000220. The van der Waals surface area contributed by atoms with Crippen LogP contribution in [0.2, 0.25) is 0 Å². The van der Waals surface area contributed by atoms with Crippen LogP contribution in [0.25, 0.3) is 0 Å². The van der Waals surface area contributed by atoms with Crippen molar-refractivity contribution in [3.8, 4) is 0 Å². The van der Waals surface area contributed by atoms with Crippen molar-refractivity contribution in [3.05, 3.63) is 0 Å². The summed E-state index contributed by atoms with van der Waals surface area (Å²) in [6, 6.07) is -0.584. The standard InChI is InChI=1S/C15H23F2NO2.H2/c1-9(2)13(19)12(10-6-4-3-5-7-10)18-14(20)11-8-15(11,16)17;/h9-12H,3-8H2,1-2H3,(H,18,20);1H/t11-,12+;/m0./s1. The number of carbonyl (C=O) groups is 2. The van der Waals surface area contributed by atoms with Crippen LogP contribution in [0.1, 0.15) is 53.8 Å². The normalized spacial score (nSPS) is 27.1. The van der Waals surface area contributed by atoms with E-state index in [0.29, 0.717) is 0 Å². The fourth-order valence-electron chi connectivity index (χ4n) is 3.00. The fraction of sp³-hybridized carbons (Fsp3) is 0.867. The summed E-state index contributed by atoms with van der Waals surface area (Å²) in [7, 11) is 0. The summed E-state index contributed by atoms with van der Waals surface area (Å²) in [5, 5.41) is 2.62. The van der Waals surface area contributed by atoms with Gasteiger partial charge in [-0.15, -0.1) is 0 Å². The zero-order valence-electron chi connectivity index (χ0n) is 12.1. The Morgan fingerprint density at radius 3 is 2.20 bits per heavy atom. The second-order valence-electron chi connectivity index (χ2n) is 6.46. The monoisotopic (exact) mass is 289 g/mol. The molecular formula is C15H25F2NO2. The van der Waals surface area contributed by atoms with E-state index in [9.17, 15) is 18.4 Å². The lowest BCUT2D eigenvalue weighted by molar-refractivity contribution is -0.132. The van der Waals surface area contributed by atoms with Gasteiger partial charge in [-0.2, -0.15) is 0 Å². The molecule has 0 aromatic carbocycles. The van der Waals surface area contributed by atoms with Gasteiger partial charge in [0.25, 0.3) is 5.92 Å². The zero-order chi connectivity index (χ0) is 14.9. The Kier molecular flexibility index (Phi) is 4.45. The van der Waals surface area contributed by atoms with Crippen LogP contribution in [0, 0.1) is 17.8 Å². The van der Waals surface area contributed by atoms with Gasteiger partial charge in [-0.1, -0.05) is 33.1 Å². The highest BCUT2D eigenvalue weighted by Crippen LogP contribution is 2.48. The first kappa shape index (κ1) is 15.4. The molecule has 0 heterocycles. The van der Waals surface area contributed by atoms with E-state index in [-0.39, 0.29) is 25.5 Å². The smallest absolute Gasteiger partial charge is 0.260 e. The summed E-state index contributed by atoms with van der Waals surface area (Å²) >= 11 is 0. The van der Waals surface area contributed by atoms with Crippen LogP contribution in [-0.4, -0.2) is 23.7 Å². The number of ketones is 1. The van der Waals surface area contributed by atoms with Crippen LogP contribution >= 0.6 is 0 Å². The molecule has 2 aliphatic carbocycles. The van der Waals surface area contributed by atoms with Crippen molar-refractivity contribution < 1.29 is 19.8 Å². The molecule has 2 aliphatic rings. The van der Waals surface area contributed by atoms with Crippen LogP contribution in [0.3, 0.4) is 0 Å². The van der Waals surface area contributed by atoms with Gasteiger partial charge in [0.2, 0.25) is 5.91 Å². The molecule has 116 valence electrons.